The quantitative estimate of drug-likeness (QED) is 0.492. The van der Waals surface area contributed by atoms with Crippen LogP contribution in [0.2, 0.25) is 0 Å². The first-order valence-corrected chi connectivity index (χ1v) is 10.8. The minimum absolute atomic E-state index is 0.173. The monoisotopic (exact) mass is 411 g/mol. The van der Waals surface area contributed by atoms with Gasteiger partial charge in [0.2, 0.25) is 0 Å². The van der Waals surface area contributed by atoms with Crippen LogP contribution in [0.3, 0.4) is 0 Å². The molecule has 3 N–H and O–H groups in total. The number of thiazole rings is 1. The zero-order valence-electron chi connectivity index (χ0n) is 16.3. The van der Waals surface area contributed by atoms with Gasteiger partial charge in [-0.15, -0.1) is 11.3 Å². The number of nitrogens with two attached hydrogens (primary N) is 1. The Morgan fingerprint density at radius 2 is 1.53 bits per heavy atom. The number of carbonyl (C=O) groups excluding carboxylic acids is 1. The molecule has 148 valence electrons. The van der Waals surface area contributed by atoms with Crippen LogP contribution in [0.1, 0.15) is 44.3 Å². The molecule has 4 aromatic rings. The first kappa shape index (κ1) is 18.7. The number of amides is 1. The van der Waals surface area contributed by atoms with E-state index in [-0.39, 0.29) is 18.0 Å². The second-order valence-corrected chi connectivity index (χ2v) is 8.34. The van der Waals surface area contributed by atoms with Crippen LogP contribution in [-0.2, 0) is 6.42 Å². The number of fused-ring (bicyclic) bond motifs is 3. The Bertz CT molecular complexity index is 1160. The number of rotatable bonds is 5. The summed E-state index contributed by atoms with van der Waals surface area (Å²) in [4.78, 5) is 17.5. The molecule has 5 heteroatoms. The molecule has 3 aromatic carbocycles. The molecule has 1 heterocycles. The highest BCUT2D eigenvalue weighted by molar-refractivity contribution is 7.09. The van der Waals surface area contributed by atoms with Gasteiger partial charge in [0.1, 0.15) is 10.7 Å². The number of carbonyl (C=O) groups is 1. The summed E-state index contributed by atoms with van der Waals surface area (Å²) < 4.78 is 0. The largest absolute Gasteiger partial charge is 0.340 e. The number of nitrogens with one attached hydrogen (secondary N) is 1. The highest BCUT2D eigenvalue weighted by atomic mass is 32.1. The third-order valence-corrected chi connectivity index (χ3v) is 6.46. The third kappa shape index (κ3) is 3.43. The smallest absolute Gasteiger partial charge is 0.271 e. The van der Waals surface area contributed by atoms with Gasteiger partial charge in [-0.1, -0.05) is 78.9 Å². The molecule has 0 saturated heterocycles. The SMILES string of the molecule is NC(Cc1ccccc1)c1nc(C(=O)NC2c3ccccc3-c3ccccc32)cs1. The van der Waals surface area contributed by atoms with Gasteiger partial charge in [0.25, 0.3) is 5.91 Å². The molecule has 1 aliphatic rings. The maximum Gasteiger partial charge on any atom is 0.271 e. The molecule has 1 aromatic heterocycles. The van der Waals surface area contributed by atoms with E-state index < -0.39 is 0 Å². The van der Waals surface area contributed by atoms with E-state index in [1.807, 2.05) is 42.5 Å². The summed E-state index contributed by atoms with van der Waals surface area (Å²) in [6.45, 7) is 0. The summed E-state index contributed by atoms with van der Waals surface area (Å²) >= 11 is 1.44. The molecule has 0 bridgehead atoms. The number of benzene rings is 3. The Morgan fingerprint density at radius 1 is 0.933 bits per heavy atom. The molecular weight excluding hydrogens is 390 g/mol. The lowest BCUT2D eigenvalue weighted by atomic mass is 10.1. The zero-order valence-corrected chi connectivity index (χ0v) is 17.1. The molecule has 0 fully saturated rings. The summed E-state index contributed by atoms with van der Waals surface area (Å²) in [5.74, 6) is -0.180. The van der Waals surface area contributed by atoms with Gasteiger partial charge in [0.05, 0.1) is 12.1 Å². The lowest BCUT2D eigenvalue weighted by Crippen LogP contribution is -2.28. The number of hydrogen-bond donors (Lipinski definition) is 2. The molecule has 4 nitrogen and oxygen atoms in total. The third-order valence-electron chi connectivity index (χ3n) is 5.48. The van der Waals surface area contributed by atoms with Gasteiger partial charge in [-0.3, -0.25) is 4.79 Å². The molecule has 30 heavy (non-hydrogen) atoms. The van der Waals surface area contributed by atoms with E-state index in [1.54, 1.807) is 5.38 Å². The standard InChI is InChI=1S/C25H21N3OS/c26-21(14-16-8-2-1-3-9-16)25-27-22(15-30-25)24(29)28-23-19-12-6-4-10-17(19)18-11-5-7-13-20(18)23/h1-13,15,21,23H,14,26H2,(H,28,29). The Kier molecular flexibility index (Phi) is 4.91. The Morgan fingerprint density at radius 3 is 2.20 bits per heavy atom. The summed E-state index contributed by atoms with van der Waals surface area (Å²) in [5.41, 5.74) is 12.5. The van der Waals surface area contributed by atoms with Crippen LogP contribution in [0.5, 0.6) is 0 Å². The van der Waals surface area contributed by atoms with E-state index in [0.717, 1.165) is 21.7 Å². The molecule has 1 aliphatic carbocycles. The first-order chi connectivity index (χ1) is 14.7. The van der Waals surface area contributed by atoms with Crippen LogP contribution in [0.25, 0.3) is 11.1 Å². The van der Waals surface area contributed by atoms with Crippen LogP contribution in [0, 0.1) is 0 Å². The van der Waals surface area contributed by atoms with Crippen molar-refractivity contribution >= 4 is 17.2 Å². The minimum Gasteiger partial charge on any atom is -0.340 e. The van der Waals surface area contributed by atoms with Crippen LogP contribution >= 0.6 is 11.3 Å². The van der Waals surface area contributed by atoms with Crippen molar-refractivity contribution in [1.29, 1.82) is 0 Å². The Labute approximate surface area is 179 Å². The summed E-state index contributed by atoms with van der Waals surface area (Å²) in [7, 11) is 0. The van der Waals surface area contributed by atoms with Crippen molar-refractivity contribution in [3.05, 3.63) is 112 Å². The van der Waals surface area contributed by atoms with Crippen molar-refractivity contribution in [2.75, 3.05) is 0 Å². The second-order valence-electron chi connectivity index (χ2n) is 7.45. The van der Waals surface area contributed by atoms with E-state index in [4.69, 9.17) is 5.73 Å². The fourth-order valence-corrected chi connectivity index (χ4v) is 4.83. The van der Waals surface area contributed by atoms with Gasteiger partial charge < -0.3 is 11.1 Å². The van der Waals surface area contributed by atoms with Crippen molar-refractivity contribution in [3.8, 4) is 11.1 Å². The maximum atomic E-state index is 13.0. The minimum atomic E-state index is -0.230. The highest BCUT2D eigenvalue weighted by Crippen LogP contribution is 2.43. The molecule has 5 rings (SSSR count). The molecule has 0 saturated carbocycles. The number of aromatic nitrogens is 1. The maximum absolute atomic E-state index is 13.0. The lowest BCUT2D eigenvalue weighted by molar-refractivity contribution is 0.0939. The van der Waals surface area contributed by atoms with E-state index in [9.17, 15) is 4.79 Å². The molecule has 1 amide bonds. The average molecular weight is 412 g/mol. The summed E-state index contributed by atoms with van der Waals surface area (Å²) in [6.07, 6.45) is 0.693. The zero-order chi connectivity index (χ0) is 20.5. The van der Waals surface area contributed by atoms with Crippen molar-refractivity contribution in [3.63, 3.8) is 0 Å². The van der Waals surface area contributed by atoms with E-state index >= 15 is 0 Å². The first-order valence-electron chi connectivity index (χ1n) is 9.95. The molecular formula is C25H21N3OS. The number of nitrogens with zero attached hydrogens (tertiary/aromatic N) is 1. The predicted octanol–water partition coefficient (Wildman–Crippen LogP) is 4.89. The van der Waals surface area contributed by atoms with Gasteiger partial charge in [-0.25, -0.2) is 4.98 Å². The van der Waals surface area contributed by atoms with Crippen molar-refractivity contribution in [1.82, 2.24) is 10.3 Å². The average Bonchev–Trinajstić information content (AvgIpc) is 3.39. The lowest BCUT2D eigenvalue weighted by Gasteiger charge is -2.15. The van der Waals surface area contributed by atoms with Crippen molar-refractivity contribution in [2.24, 2.45) is 5.73 Å². The van der Waals surface area contributed by atoms with Gasteiger partial charge in [0.15, 0.2) is 0 Å². The predicted molar refractivity (Wildman–Crippen MR) is 120 cm³/mol. The summed E-state index contributed by atoms with van der Waals surface area (Å²) in [6, 6.07) is 26.1. The van der Waals surface area contributed by atoms with Gasteiger partial charge >= 0.3 is 0 Å². The molecule has 1 atom stereocenters. The van der Waals surface area contributed by atoms with Crippen LogP contribution in [0.15, 0.2) is 84.2 Å². The highest BCUT2D eigenvalue weighted by Gasteiger charge is 2.30. The summed E-state index contributed by atoms with van der Waals surface area (Å²) in [5, 5.41) is 5.74. The Hall–Kier alpha value is -3.28. The number of hydrogen-bond acceptors (Lipinski definition) is 4. The second kappa shape index (κ2) is 7.86. The van der Waals surface area contributed by atoms with E-state index in [1.165, 1.54) is 22.5 Å². The van der Waals surface area contributed by atoms with Gasteiger partial charge in [0, 0.05) is 5.38 Å². The normalized spacial score (nSPS) is 13.5. The Balaban J connectivity index is 1.35. The molecule has 0 radical (unpaired) electrons. The van der Waals surface area contributed by atoms with E-state index in [0.29, 0.717) is 12.1 Å². The van der Waals surface area contributed by atoms with Crippen LogP contribution in [-0.4, -0.2) is 10.9 Å². The molecule has 1 unspecified atom stereocenters. The van der Waals surface area contributed by atoms with E-state index in [2.05, 4.69) is 46.7 Å². The van der Waals surface area contributed by atoms with Gasteiger partial charge in [-0.05, 0) is 34.2 Å². The van der Waals surface area contributed by atoms with Gasteiger partial charge in [-0.2, -0.15) is 0 Å². The topological polar surface area (TPSA) is 68.0 Å². The molecule has 0 spiro atoms. The fraction of sp³-hybridized carbons (Fsp3) is 0.120. The van der Waals surface area contributed by atoms with Crippen LogP contribution in [0.4, 0.5) is 0 Å². The fourth-order valence-electron chi connectivity index (χ4n) is 4.03. The van der Waals surface area contributed by atoms with Crippen molar-refractivity contribution < 1.29 is 4.79 Å². The molecule has 0 aliphatic heterocycles. The van der Waals surface area contributed by atoms with Crippen LogP contribution < -0.4 is 11.1 Å². The van der Waals surface area contributed by atoms with Crippen molar-refractivity contribution in [2.45, 2.75) is 18.5 Å².